The normalized spacial score (nSPS) is 12.4. The Morgan fingerprint density at radius 1 is 0.793 bits per heavy atom. The van der Waals surface area contributed by atoms with Crippen LogP contribution in [0.15, 0.2) is 12.2 Å². The minimum atomic E-state index is -0.336. The summed E-state index contributed by atoms with van der Waals surface area (Å²) in [5, 5.41) is 2.89. The number of nitrogens with two attached hydrogens (primary N) is 1. The number of hydrogen-bond donors (Lipinski definition) is 2. The molecule has 0 heterocycles. The summed E-state index contributed by atoms with van der Waals surface area (Å²) < 4.78 is 0. The highest BCUT2D eigenvalue weighted by Crippen LogP contribution is 2.10. The zero-order valence-electron chi connectivity index (χ0n) is 19.4. The smallest absolute Gasteiger partial charge is 0.220 e. The fourth-order valence-electron chi connectivity index (χ4n) is 3.49. The van der Waals surface area contributed by atoms with Gasteiger partial charge in [0.2, 0.25) is 5.91 Å². The summed E-state index contributed by atoms with van der Waals surface area (Å²) in [4.78, 5) is 23.7. The van der Waals surface area contributed by atoms with Gasteiger partial charge in [0, 0.05) is 6.42 Å². The first-order chi connectivity index (χ1) is 14.1. The van der Waals surface area contributed by atoms with E-state index in [0.29, 0.717) is 19.4 Å². The molecule has 1 atom stereocenters. The van der Waals surface area contributed by atoms with Gasteiger partial charge in [-0.1, -0.05) is 70.4 Å². The SMILES string of the molecule is CCCCCCCCC=CCCCCCCCC(=O)N[C@@H](CCCCN)C(C)=O. The fraction of sp³-hybridized carbons (Fsp3) is 0.840. The Labute approximate surface area is 180 Å². The summed E-state index contributed by atoms with van der Waals surface area (Å²) >= 11 is 0. The van der Waals surface area contributed by atoms with E-state index in [9.17, 15) is 9.59 Å². The summed E-state index contributed by atoms with van der Waals surface area (Å²) in [5.74, 6) is 0.0514. The first kappa shape index (κ1) is 27.8. The largest absolute Gasteiger partial charge is 0.346 e. The Kier molecular flexibility index (Phi) is 20.7. The lowest BCUT2D eigenvalue weighted by atomic mass is 10.0. The second-order valence-corrected chi connectivity index (χ2v) is 8.35. The maximum absolute atomic E-state index is 12.0. The van der Waals surface area contributed by atoms with Gasteiger partial charge in [-0.05, 0) is 64.8 Å². The Balaban J connectivity index is 3.51. The van der Waals surface area contributed by atoms with Crippen LogP contribution in [0.5, 0.6) is 0 Å². The van der Waals surface area contributed by atoms with Crippen molar-refractivity contribution in [3.63, 3.8) is 0 Å². The van der Waals surface area contributed by atoms with Crippen LogP contribution in [0.25, 0.3) is 0 Å². The quantitative estimate of drug-likeness (QED) is 0.175. The predicted molar refractivity (Wildman–Crippen MR) is 125 cm³/mol. The van der Waals surface area contributed by atoms with Crippen molar-refractivity contribution in [2.24, 2.45) is 5.73 Å². The third kappa shape index (κ3) is 19.9. The van der Waals surface area contributed by atoms with E-state index in [4.69, 9.17) is 5.73 Å². The summed E-state index contributed by atoms with van der Waals surface area (Å²) in [6, 6.07) is -0.336. The average molecular weight is 409 g/mol. The number of nitrogens with one attached hydrogen (secondary N) is 1. The summed E-state index contributed by atoms with van der Waals surface area (Å²) in [6.45, 7) is 4.44. The van der Waals surface area contributed by atoms with Crippen molar-refractivity contribution in [1.82, 2.24) is 5.32 Å². The van der Waals surface area contributed by atoms with E-state index >= 15 is 0 Å². The highest BCUT2D eigenvalue weighted by atomic mass is 16.2. The van der Waals surface area contributed by atoms with E-state index in [1.54, 1.807) is 6.92 Å². The Bertz CT molecular complexity index is 421. The van der Waals surface area contributed by atoms with Gasteiger partial charge in [0.1, 0.15) is 0 Å². The second kappa shape index (κ2) is 21.5. The van der Waals surface area contributed by atoms with E-state index in [2.05, 4.69) is 24.4 Å². The highest BCUT2D eigenvalue weighted by Gasteiger charge is 2.16. The van der Waals surface area contributed by atoms with Crippen LogP contribution in [0.4, 0.5) is 0 Å². The first-order valence-corrected chi connectivity index (χ1v) is 12.3. The molecular weight excluding hydrogens is 360 g/mol. The van der Waals surface area contributed by atoms with Crippen LogP contribution in [0, 0.1) is 0 Å². The van der Waals surface area contributed by atoms with Gasteiger partial charge in [-0.25, -0.2) is 0 Å². The molecule has 0 aromatic rings. The molecular formula is C25H48N2O2. The molecule has 170 valence electrons. The Hall–Kier alpha value is -1.16. The monoisotopic (exact) mass is 408 g/mol. The molecule has 0 aromatic carbocycles. The third-order valence-electron chi connectivity index (χ3n) is 5.44. The zero-order valence-corrected chi connectivity index (χ0v) is 19.4. The van der Waals surface area contributed by atoms with E-state index < -0.39 is 0 Å². The van der Waals surface area contributed by atoms with E-state index in [1.807, 2.05) is 0 Å². The van der Waals surface area contributed by atoms with Crippen molar-refractivity contribution in [1.29, 1.82) is 0 Å². The highest BCUT2D eigenvalue weighted by molar-refractivity contribution is 5.87. The van der Waals surface area contributed by atoms with E-state index in [0.717, 1.165) is 25.7 Å². The molecule has 0 saturated carbocycles. The minimum Gasteiger partial charge on any atom is -0.346 e. The molecule has 0 bridgehead atoms. The molecule has 4 heteroatoms. The molecule has 1 amide bonds. The number of unbranched alkanes of at least 4 members (excludes halogenated alkanes) is 12. The molecule has 0 fully saturated rings. The number of carbonyl (C=O) groups is 2. The molecule has 0 radical (unpaired) electrons. The molecule has 0 aliphatic rings. The topological polar surface area (TPSA) is 72.2 Å². The van der Waals surface area contributed by atoms with Crippen molar-refractivity contribution in [2.45, 2.75) is 129 Å². The maximum atomic E-state index is 12.0. The number of carbonyl (C=O) groups excluding carboxylic acids is 2. The van der Waals surface area contributed by atoms with Crippen LogP contribution >= 0.6 is 0 Å². The minimum absolute atomic E-state index is 0.00979. The van der Waals surface area contributed by atoms with E-state index in [1.165, 1.54) is 70.6 Å². The average Bonchev–Trinajstić information content (AvgIpc) is 2.70. The standard InChI is InChI=1S/C25H48N2O2/c1-3-4-5-6-7-8-9-10-11-12-13-14-15-16-17-21-25(29)27-24(23(2)28)20-18-19-22-26/h10-11,24H,3-9,12-22,26H2,1-2H3,(H,27,29)/t24-/m0/s1. The number of ketones is 1. The van der Waals surface area contributed by atoms with Gasteiger partial charge in [0.05, 0.1) is 6.04 Å². The van der Waals surface area contributed by atoms with Crippen LogP contribution < -0.4 is 11.1 Å². The Morgan fingerprint density at radius 3 is 1.90 bits per heavy atom. The predicted octanol–water partition coefficient (Wildman–Crippen LogP) is 6.23. The third-order valence-corrected chi connectivity index (χ3v) is 5.44. The molecule has 0 spiro atoms. The number of allylic oxidation sites excluding steroid dienone is 2. The maximum Gasteiger partial charge on any atom is 0.220 e. The molecule has 0 rings (SSSR count). The van der Waals surface area contributed by atoms with Crippen LogP contribution in [0.1, 0.15) is 123 Å². The number of Topliss-reactive ketones (excluding diaryl/α,β-unsaturated/α-hetero) is 1. The summed E-state index contributed by atoms with van der Waals surface area (Å²) in [5.41, 5.74) is 5.49. The number of amides is 1. The van der Waals surface area contributed by atoms with Gasteiger partial charge >= 0.3 is 0 Å². The van der Waals surface area contributed by atoms with Gasteiger partial charge in [-0.2, -0.15) is 0 Å². The molecule has 0 unspecified atom stereocenters. The van der Waals surface area contributed by atoms with Crippen LogP contribution in [0.2, 0.25) is 0 Å². The molecule has 0 aliphatic heterocycles. The van der Waals surface area contributed by atoms with Crippen molar-refractivity contribution in [3.05, 3.63) is 12.2 Å². The first-order valence-electron chi connectivity index (χ1n) is 12.3. The van der Waals surface area contributed by atoms with E-state index in [-0.39, 0.29) is 17.7 Å². The van der Waals surface area contributed by atoms with Gasteiger partial charge in [-0.3, -0.25) is 9.59 Å². The molecule has 0 saturated heterocycles. The molecule has 0 aliphatic carbocycles. The van der Waals surface area contributed by atoms with Crippen LogP contribution in [-0.4, -0.2) is 24.3 Å². The van der Waals surface area contributed by atoms with Gasteiger partial charge in [-0.15, -0.1) is 0 Å². The lowest BCUT2D eigenvalue weighted by Crippen LogP contribution is -2.39. The Morgan fingerprint density at radius 2 is 1.34 bits per heavy atom. The zero-order chi connectivity index (χ0) is 21.6. The van der Waals surface area contributed by atoms with Crippen molar-refractivity contribution >= 4 is 11.7 Å². The van der Waals surface area contributed by atoms with Crippen molar-refractivity contribution < 1.29 is 9.59 Å². The molecule has 3 N–H and O–H groups in total. The van der Waals surface area contributed by atoms with Gasteiger partial charge in [0.15, 0.2) is 5.78 Å². The summed E-state index contributed by atoms with van der Waals surface area (Å²) in [7, 11) is 0. The molecule has 0 aromatic heterocycles. The van der Waals surface area contributed by atoms with Crippen LogP contribution in [0.3, 0.4) is 0 Å². The van der Waals surface area contributed by atoms with Gasteiger partial charge in [0.25, 0.3) is 0 Å². The summed E-state index contributed by atoms with van der Waals surface area (Å²) in [6.07, 6.45) is 24.0. The molecule has 4 nitrogen and oxygen atoms in total. The lowest BCUT2D eigenvalue weighted by molar-refractivity contribution is -0.127. The number of hydrogen-bond acceptors (Lipinski definition) is 3. The van der Waals surface area contributed by atoms with Crippen molar-refractivity contribution in [2.75, 3.05) is 6.54 Å². The van der Waals surface area contributed by atoms with Crippen LogP contribution in [-0.2, 0) is 9.59 Å². The fourth-order valence-corrected chi connectivity index (χ4v) is 3.49. The second-order valence-electron chi connectivity index (χ2n) is 8.35. The van der Waals surface area contributed by atoms with Crippen molar-refractivity contribution in [3.8, 4) is 0 Å². The van der Waals surface area contributed by atoms with Gasteiger partial charge < -0.3 is 11.1 Å². The molecule has 29 heavy (non-hydrogen) atoms. The number of rotatable bonds is 21. The lowest BCUT2D eigenvalue weighted by Gasteiger charge is -2.15.